The molecule has 0 aliphatic carbocycles. The Bertz CT molecular complexity index is 1440. The van der Waals surface area contributed by atoms with E-state index in [9.17, 15) is 14.7 Å². The number of rotatable bonds is 8. The fourth-order valence-electron chi connectivity index (χ4n) is 4.66. The number of anilines is 1. The molecule has 0 spiro atoms. The van der Waals surface area contributed by atoms with Crippen molar-refractivity contribution in [2.45, 2.75) is 39.7 Å². The van der Waals surface area contributed by atoms with Crippen molar-refractivity contribution in [1.82, 2.24) is 4.90 Å². The van der Waals surface area contributed by atoms with E-state index in [1.807, 2.05) is 82.3 Å². The molecule has 0 aromatic heterocycles. The summed E-state index contributed by atoms with van der Waals surface area (Å²) in [7, 11) is 1.64. The number of phenolic OH excluding ortho intramolecular Hbond substituents is 1. The Morgan fingerprint density at radius 1 is 0.846 bits per heavy atom. The Morgan fingerprint density at radius 3 is 2.03 bits per heavy atom. The van der Waals surface area contributed by atoms with Gasteiger partial charge >= 0.3 is 0 Å². The van der Waals surface area contributed by atoms with Crippen LogP contribution in [0.3, 0.4) is 0 Å². The smallest absolute Gasteiger partial charge is 0.254 e. The minimum Gasteiger partial charge on any atom is -0.508 e. The van der Waals surface area contributed by atoms with Gasteiger partial charge in [0.25, 0.3) is 11.8 Å². The van der Waals surface area contributed by atoms with E-state index in [0.29, 0.717) is 28.3 Å². The zero-order valence-electron chi connectivity index (χ0n) is 22.9. The highest BCUT2D eigenvalue weighted by Gasteiger charge is 2.29. The van der Waals surface area contributed by atoms with Crippen molar-refractivity contribution in [2.75, 3.05) is 12.4 Å². The lowest BCUT2D eigenvalue weighted by Gasteiger charge is -2.28. The number of nitrogens with one attached hydrogen (secondary N) is 1. The number of aryl methyl sites for hydroxylation is 2. The summed E-state index contributed by atoms with van der Waals surface area (Å²) in [6, 6.07) is 26.3. The number of likely N-dealkylation sites (N-methyl/N-ethyl adjacent to an activating group) is 1. The van der Waals surface area contributed by atoms with Crippen LogP contribution in [-0.4, -0.2) is 28.9 Å². The molecule has 0 aliphatic rings. The second-order valence-corrected chi connectivity index (χ2v) is 10.0. The van der Waals surface area contributed by atoms with Crippen LogP contribution < -0.4 is 10.1 Å². The molecule has 0 saturated heterocycles. The maximum absolute atomic E-state index is 13.7. The lowest BCUT2D eigenvalue weighted by Crippen LogP contribution is -2.38. The highest BCUT2D eigenvalue weighted by Crippen LogP contribution is 2.35. The van der Waals surface area contributed by atoms with Crippen LogP contribution in [0.15, 0.2) is 91.0 Å². The standard InChI is InChI=1S/C33H34N2O4/c1-21(2)28-20-27(16-17-29(28)36)39-31-22(3)18-26(19-23(31)4)34-32(37)30(24-12-8-6-9-13-24)35(5)33(38)25-14-10-7-11-15-25/h6-21,30,36H,1-5H3,(H,34,37). The van der Waals surface area contributed by atoms with Gasteiger partial charge in [-0.3, -0.25) is 9.59 Å². The summed E-state index contributed by atoms with van der Waals surface area (Å²) in [6.45, 7) is 7.86. The van der Waals surface area contributed by atoms with Gasteiger partial charge in [0.2, 0.25) is 0 Å². The van der Waals surface area contributed by atoms with E-state index in [2.05, 4.69) is 5.32 Å². The summed E-state index contributed by atoms with van der Waals surface area (Å²) >= 11 is 0. The van der Waals surface area contributed by atoms with Crippen LogP contribution in [0.25, 0.3) is 0 Å². The molecule has 4 aromatic carbocycles. The fraction of sp³-hybridized carbons (Fsp3) is 0.212. The minimum atomic E-state index is -0.832. The summed E-state index contributed by atoms with van der Waals surface area (Å²) < 4.78 is 6.20. The van der Waals surface area contributed by atoms with Crippen molar-refractivity contribution in [3.05, 3.63) is 119 Å². The van der Waals surface area contributed by atoms with Gasteiger partial charge in [-0.15, -0.1) is 0 Å². The van der Waals surface area contributed by atoms with Gasteiger partial charge in [-0.1, -0.05) is 62.4 Å². The first-order valence-corrected chi connectivity index (χ1v) is 13.0. The van der Waals surface area contributed by atoms with Crippen LogP contribution >= 0.6 is 0 Å². The van der Waals surface area contributed by atoms with Gasteiger partial charge in [0, 0.05) is 23.9 Å². The highest BCUT2D eigenvalue weighted by atomic mass is 16.5. The molecule has 0 fully saturated rings. The Kier molecular flexibility index (Phi) is 8.35. The molecule has 6 heteroatoms. The normalized spacial score (nSPS) is 11.6. The topological polar surface area (TPSA) is 78.9 Å². The summed E-state index contributed by atoms with van der Waals surface area (Å²) in [5.41, 5.74) is 4.33. The van der Waals surface area contributed by atoms with Crippen molar-refractivity contribution in [3.8, 4) is 17.2 Å². The Hall–Kier alpha value is -4.58. The number of nitrogens with zero attached hydrogens (tertiary/aromatic N) is 1. The predicted octanol–water partition coefficient (Wildman–Crippen LogP) is 7.38. The average Bonchev–Trinajstić information content (AvgIpc) is 2.92. The first-order valence-electron chi connectivity index (χ1n) is 13.0. The molecule has 1 unspecified atom stereocenters. The van der Waals surface area contributed by atoms with E-state index in [4.69, 9.17) is 4.74 Å². The molecule has 4 rings (SSSR count). The number of amides is 2. The Balaban J connectivity index is 1.59. The maximum atomic E-state index is 13.7. The molecule has 2 amide bonds. The third kappa shape index (κ3) is 6.29. The van der Waals surface area contributed by atoms with Crippen LogP contribution in [0.2, 0.25) is 0 Å². The summed E-state index contributed by atoms with van der Waals surface area (Å²) in [5, 5.41) is 13.2. The van der Waals surface area contributed by atoms with E-state index in [1.165, 1.54) is 4.90 Å². The number of aromatic hydroxyl groups is 1. The second kappa shape index (κ2) is 11.9. The molecule has 0 saturated carbocycles. The molecule has 6 nitrogen and oxygen atoms in total. The number of hydrogen-bond acceptors (Lipinski definition) is 4. The molecule has 0 heterocycles. The lowest BCUT2D eigenvalue weighted by atomic mass is 10.0. The summed E-state index contributed by atoms with van der Waals surface area (Å²) in [5.74, 6) is 1.14. The molecule has 4 aromatic rings. The van der Waals surface area contributed by atoms with Crippen LogP contribution in [0, 0.1) is 13.8 Å². The van der Waals surface area contributed by atoms with Gasteiger partial charge in [-0.2, -0.15) is 0 Å². The van der Waals surface area contributed by atoms with E-state index >= 15 is 0 Å². The van der Waals surface area contributed by atoms with Crippen molar-refractivity contribution in [3.63, 3.8) is 0 Å². The summed E-state index contributed by atoms with van der Waals surface area (Å²) in [6.07, 6.45) is 0. The SMILES string of the molecule is Cc1cc(NC(=O)C(c2ccccc2)N(C)C(=O)c2ccccc2)cc(C)c1Oc1ccc(O)c(C(C)C)c1. The number of ether oxygens (including phenoxy) is 1. The molecule has 0 radical (unpaired) electrons. The second-order valence-electron chi connectivity index (χ2n) is 10.0. The molecule has 200 valence electrons. The average molecular weight is 523 g/mol. The lowest BCUT2D eigenvalue weighted by molar-refractivity contribution is -0.120. The minimum absolute atomic E-state index is 0.151. The van der Waals surface area contributed by atoms with Crippen molar-refractivity contribution in [1.29, 1.82) is 0 Å². The van der Waals surface area contributed by atoms with Crippen molar-refractivity contribution < 1.29 is 19.4 Å². The highest BCUT2D eigenvalue weighted by molar-refractivity contribution is 6.01. The Morgan fingerprint density at radius 2 is 1.44 bits per heavy atom. The van der Waals surface area contributed by atoms with Gasteiger partial charge in [0.05, 0.1) is 0 Å². The van der Waals surface area contributed by atoms with E-state index in [0.717, 1.165) is 16.7 Å². The molecule has 2 N–H and O–H groups in total. The van der Waals surface area contributed by atoms with E-state index in [1.54, 1.807) is 43.4 Å². The number of benzene rings is 4. The summed E-state index contributed by atoms with van der Waals surface area (Å²) in [4.78, 5) is 28.4. The first kappa shape index (κ1) is 27.5. The predicted molar refractivity (Wildman–Crippen MR) is 155 cm³/mol. The first-order chi connectivity index (χ1) is 18.7. The van der Waals surface area contributed by atoms with Gasteiger partial charge in [0.15, 0.2) is 0 Å². The van der Waals surface area contributed by atoms with Gasteiger partial charge in [-0.05, 0) is 78.9 Å². The largest absolute Gasteiger partial charge is 0.508 e. The zero-order valence-corrected chi connectivity index (χ0v) is 22.9. The molecule has 0 aliphatic heterocycles. The fourth-order valence-corrected chi connectivity index (χ4v) is 4.66. The molecule has 39 heavy (non-hydrogen) atoms. The quantitative estimate of drug-likeness (QED) is 0.253. The van der Waals surface area contributed by atoms with Crippen LogP contribution in [0.1, 0.15) is 58.4 Å². The van der Waals surface area contributed by atoms with E-state index < -0.39 is 6.04 Å². The van der Waals surface area contributed by atoms with Gasteiger partial charge in [0.1, 0.15) is 23.3 Å². The van der Waals surface area contributed by atoms with Gasteiger partial charge in [-0.25, -0.2) is 0 Å². The number of phenols is 1. The number of hydrogen-bond donors (Lipinski definition) is 2. The van der Waals surface area contributed by atoms with Crippen LogP contribution in [0.4, 0.5) is 5.69 Å². The maximum Gasteiger partial charge on any atom is 0.254 e. The Labute approximate surface area is 229 Å². The van der Waals surface area contributed by atoms with E-state index in [-0.39, 0.29) is 23.5 Å². The van der Waals surface area contributed by atoms with Crippen molar-refractivity contribution >= 4 is 17.5 Å². The molecular weight excluding hydrogens is 488 g/mol. The molecule has 1 atom stereocenters. The third-order valence-corrected chi connectivity index (χ3v) is 6.66. The number of carbonyl (C=O) groups is 2. The van der Waals surface area contributed by atoms with Crippen molar-refractivity contribution in [2.24, 2.45) is 0 Å². The van der Waals surface area contributed by atoms with Crippen LogP contribution in [0.5, 0.6) is 17.2 Å². The van der Waals surface area contributed by atoms with Gasteiger partial charge < -0.3 is 20.1 Å². The molecule has 0 bridgehead atoms. The van der Waals surface area contributed by atoms with Crippen LogP contribution in [-0.2, 0) is 4.79 Å². The third-order valence-electron chi connectivity index (χ3n) is 6.66. The zero-order chi connectivity index (χ0) is 28.1. The number of carbonyl (C=O) groups excluding carboxylic acids is 2. The monoisotopic (exact) mass is 522 g/mol. The molecular formula is C33H34N2O4.